The zero-order valence-corrected chi connectivity index (χ0v) is 14.8. The highest BCUT2D eigenvalue weighted by molar-refractivity contribution is 6.33. The molecule has 140 valence electrons. The van der Waals surface area contributed by atoms with Gasteiger partial charge in [0.15, 0.2) is 0 Å². The third-order valence-electron chi connectivity index (χ3n) is 5.00. The van der Waals surface area contributed by atoms with Crippen molar-refractivity contribution in [3.63, 3.8) is 0 Å². The van der Waals surface area contributed by atoms with Crippen LogP contribution in [0.3, 0.4) is 0 Å². The summed E-state index contributed by atoms with van der Waals surface area (Å²) in [4.78, 5) is 0. The number of benzene rings is 2. The zero-order valence-electron chi connectivity index (χ0n) is 14.1. The number of alkyl halides is 3. The summed E-state index contributed by atoms with van der Waals surface area (Å²) < 4.78 is 53.3. The molecule has 1 aliphatic rings. The molecule has 0 atom stereocenters. The molecule has 1 aliphatic carbocycles. The Bertz CT molecular complexity index is 972. The molecule has 2 aromatic carbocycles. The van der Waals surface area contributed by atoms with Crippen LogP contribution in [-0.4, -0.2) is 16.4 Å². The van der Waals surface area contributed by atoms with Gasteiger partial charge in [-0.15, -0.1) is 0 Å². The van der Waals surface area contributed by atoms with Gasteiger partial charge in [-0.25, -0.2) is 4.39 Å². The SMILES string of the molecule is Fc1ccc(C2(c3[nH]nc(-c4ccccc4Cl)c3CC(F)(F)F)CC2)cc1. The van der Waals surface area contributed by atoms with E-state index in [1.165, 1.54) is 12.1 Å². The lowest BCUT2D eigenvalue weighted by Gasteiger charge is -2.18. The molecule has 3 aromatic rings. The maximum atomic E-state index is 13.3. The zero-order chi connectivity index (χ0) is 19.2. The molecule has 1 fully saturated rings. The average Bonchev–Trinajstić information content (AvgIpc) is 3.31. The first kappa shape index (κ1) is 18.0. The minimum Gasteiger partial charge on any atom is -0.281 e. The molecule has 1 N–H and O–H groups in total. The average molecular weight is 395 g/mol. The molecule has 1 saturated carbocycles. The van der Waals surface area contributed by atoms with Gasteiger partial charge >= 0.3 is 6.18 Å². The summed E-state index contributed by atoms with van der Waals surface area (Å²) in [5.41, 5.74) is 1.37. The Kier molecular flexibility index (Phi) is 4.26. The summed E-state index contributed by atoms with van der Waals surface area (Å²) in [6.45, 7) is 0. The highest BCUT2D eigenvalue weighted by Crippen LogP contribution is 2.55. The van der Waals surface area contributed by atoms with Gasteiger partial charge in [-0.2, -0.15) is 18.3 Å². The van der Waals surface area contributed by atoms with E-state index in [9.17, 15) is 17.6 Å². The van der Waals surface area contributed by atoms with Gasteiger partial charge in [-0.05, 0) is 36.6 Å². The minimum absolute atomic E-state index is 0.0948. The summed E-state index contributed by atoms with van der Waals surface area (Å²) in [5, 5.41) is 7.37. The minimum atomic E-state index is -4.40. The monoisotopic (exact) mass is 394 g/mol. The van der Waals surface area contributed by atoms with Gasteiger partial charge < -0.3 is 0 Å². The van der Waals surface area contributed by atoms with Crippen molar-refractivity contribution >= 4 is 11.6 Å². The molecular weight excluding hydrogens is 380 g/mol. The van der Waals surface area contributed by atoms with Crippen LogP contribution in [0.25, 0.3) is 11.3 Å². The lowest BCUT2D eigenvalue weighted by Crippen LogP contribution is -2.18. The molecule has 0 aliphatic heterocycles. The van der Waals surface area contributed by atoms with Gasteiger partial charge in [0.1, 0.15) is 5.82 Å². The highest BCUT2D eigenvalue weighted by Gasteiger charge is 2.50. The topological polar surface area (TPSA) is 28.7 Å². The van der Waals surface area contributed by atoms with E-state index in [1.54, 1.807) is 36.4 Å². The second-order valence-corrected chi connectivity index (χ2v) is 7.19. The lowest BCUT2D eigenvalue weighted by atomic mass is 9.87. The molecule has 7 heteroatoms. The number of rotatable bonds is 4. The van der Waals surface area contributed by atoms with Crippen LogP contribution >= 0.6 is 11.6 Å². The Hall–Kier alpha value is -2.34. The number of hydrogen-bond acceptors (Lipinski definition) is 1. The molecular formula is C20H15ClF4N2. The van der Waals surface area contributed by atoms with E-state index in [0.29, 0.717) is 29.1 Å². The summed E-state index contributed by atoms with van der Waals surface area (Å²) in [7, 11) is 0. The standard InChI is InChI=1S/C20H15ClF4N2/c21-16-4-2-1-3-14(16)17-15(11-20(23,24)25)18(27-26-17)19(9-10-19)12-5-7-13(22)8-6-12/h1-8H,9-11H2,(H,26,27). The fraction of sp³-hybridized carbons (Fsp3) is 0.250. The number of H-pyrrole nitrogens is 1. The van der Waals surface area contributed by atoms with Gasteiger partial charge in [-0.1, -0.05) is 41.9 Å². The van der Waals surface area contributed by atoms with E-state index in [4.69, 9.17) is 11.6 Å². The fourth-order valence-electron chi connectivity index (χ4n) is 3.59. The van der Waals surface area contributed by atoms with Crippen LogP contribution in [0.1, 0.15) is 29.7 Å². The first-order chi connectivity index (χ1) is 12.8. The van der Waals surface area contributed by atoms with Crippen molar-refractivity contribution < 1.29 is 17.6 Å². The quantitative estimate of drug-likeness (QED) is 0.536. The van der Waals surface area contributed by atoms with Crippen LogP contribution in [0.5, 0.6) is 0 Å². The van der Waals surface area contributed by atoms with Crippen molar-refractivity contribution in [1.82, 2.24) is 10.2 Å². The van der Waals surface area contributed by atoms with E-state index < -0.39 is 18.0 Å². The normalized spacial score (nSPS) is 15.7. The smallest absolute Gasteiger partial charge is 0.281 e. The molecule has 0 amide bonds. The van der Waals surface area contributed by atoms with Gasteiger partial charge in [0, 0.05) is 22.2 Å². The largest absolute Gasteiger partial charge is 0.393 e. The molecule has 0 unspecified atom stereocenters. The predicted octanol–water partition coefficient (Wildman–Crippen LogP) is 6.05. The van der Waals surface area contributed by atoms with Crippen molar-refractivity contribution in [2.24, 2.45) is 0 Å². The first-order valence-electron chi connectivity index (χ1n) is 8.46. The van der Waals surface area contributed by atoms with Crippen molar-refractivity contribution in [1.29, 1.82) is 0 Å². The summed E-state index contributed by atoms with van der Waals surface area (Å²) >= 11 is 6.20. The van der Waals surface area contributed by atoms with Gasteiger partial charge in [0.05, 0.1) is 17.1 Å². The van der Waals surface area contributed by atoms with Crippen LogP contribution in [0.15, 0.2) is 48.5 Å². The Balaban J connectivity index is 1.87. The second kappa shape index (κ2) is 6.37. The van der Waals surface area contributed by atoms with Crippen LogP contribution in [-0.2, 0) is 11.8 Å². The summed E-state index contributed by atoms with van der Waals surface area (Å²) in [5.74, 6) is -0.383. The molecule has 1 heterocycles. The lowest BCUT2D eigenvalue weighted by molar-refractivity contribution is -0.127. The second-order valence-electron chi connectivity index (χ2n) is 6.79. The highest BCUT2D eigenvalue weighted by atomic mass is 35.5. The summed E-state index contributed by atoms with van der Waals surface area (Å²) in [6, 6.07) is 12.6. The van der Waals surface area contributed by atoms with Crippen LogP contribution in [0.4, 0.5) is 17.6 Å². The number of nitrogens with zero attached hydrogens (tertiary/aromatic N) is 1. The van der Waals surface area contributed by atoms with Crippen LogP contribution in [0.2, 0.25) is 5.02 Å². The number of hydrogen-bond donors (Lipinski definition) is 1. The summed E-state index contributed by atoms with van der Waals surface area (Å²) in [6.07, 6.45) is -4.16. The van der Waals surface area contributed by atoms with E-state index in [2.05, 4.69) is 10.2 Å². The van der Waals surface area contributed by atoms with Crippen molar-refractivity contribution in [3.05, 3.63) is 76.2 Å². The Morgan fingerprint density at radius 1 is 1.04 bits per heavy atom. The molecule has 0 spiro atoms. The number of nitrogens with one attached hydrogen (secondary N) is 1. The molecule has 2 nitrogen and oxygen atoms in total. The Labute approximate surface area is 158 Å². The van der Waals surface area contributed by atoms with Crippen molar-refractivity contribution in [3.8, 4) is 11.3 Å². The van der Waals surface area contributed by atoms with E-state index in [-0.39, 0.29) is 17.1 Å². The number of aromatic amines is 1. The van der Waals surface area contributed by atoms with Crippen LogP contribution in [0, 0.1) is 5.82 Å². The number of halogens is 5. The third-order valence-corrected chi connectivity index (χ3v) is 5.33. The van der Waals surface area contributed by atoms with Gasteiger partial charge in [0.2, 0.25) is 0 Å². The molecule has 4 rings (SSSR count). The van der Waals surface area contributed by atoms with Crippen molar-refractivity contribution in [2.75, 3.05) is 0 Å². The van der Waals surface area contributed by atoms with Gasteiger partial charge in [-0.3, -0.25) is 5.10 Å². The molecule has 1 aromatic heterocycles. The predicted molar refractivity (Wildman–Crippen MR) is 95.2 cm³/mol. The molecule has 0 radical (unpaired) electrons. The first-order valence-corrected chi connectivity index (χ1v) is 8.83. The maximum Gasteiger partial charge on any atom is 0.393 e. The molecule has 27 heavy (non-hydrogen) atoms. The number of aromatic nitrogens is 2. The third kappa shape index (κ3) is 3.34. The van der Waals surface area contributed by atoms with Crippen molar-refractivity contribution in [2.45, 2.75) is 30.9 Å². The van der Waals surface area contributed by atoms with E-state index >= 15 is 0 Å². The Morgan fingerprint density at radius 3 is 2.30 bits per heavy atom. The molecule has 0 saturated heterocycles. The Morgan fingerprint density at radius 2 is 1.70 bits per heavy atom. The fourth-order valence-corrected chi connectivity index (χ4v) is 3.81. The van der Waals surface area contributed by atoms with Gasteiger partial charge in [0.25, 0.3) is 0 Å². The maximum absolute atomic E-state index is 13.3. The van der Waals surface area contributed by atoms with Crippen LogP contribution < -0.4 is 0 Å². The molecule has 0 bridgehead atoms. The van der Waals surface area contributed by atoms with E-state index in [1.807, 2.05) is 0 Å². The van der Waals surface area contributed by atoms with E-state index in [0.717, 1.165) is 5.56 Å².